The van der Waals surface area contributed by atoms with E-state index >= 15 is 0 Å². The van der Waals surface area contributed by atoms with Gasteiger partial charge in [0.25, 0.3) is 0 Å². The first-order valence-corrected chi connectivity index (χ1v) is 8.58. The molecule has 0 aromatic heterocycles. The Kier molecular flexibility index (Phi) is 5.62. The summed E-state index contributed by atoms with van der Waals surface area (Å²) in [4.78, 5) is 22.5. The molecule has 0 atom stereocenters. The average Bonchev–Trinajstić information content (AvgIpc) is 2.28. The van der Waals surface area contributed by atoms with E-state index in [9.17, 15) is 9.59 Å². The Bertz CT molecular complexity index is 398. The molecule has 16 heavy (non-hydrogen) atoms. The van der Waals surface area contributed by atoms with E-state index in [1.807, 2.05) is 0 Å². The van der Waals surface area contributed by atoms with E-state index in [1.165, 1.54) is 0 Å². The summed E-state index contributed by atoms with van der Waals surface area (Å²) in [5.41, 5.74) is 6.61. The molecule has 0 spiro atoms. The molecule has 2 radical (unpaired) electrons. The number of anilines is 1. The van der Waals surface area contributed by atoms with Gasteiger partial charge in [0.15, 0.2) is 0 Å². The van der Waals surface area contributed by atoms with E-state index in [4.69, 9.17) is 17.3 Å². The van der Waals surface area contributed by atoms with Gasteiger partial charge in [-0.15, -0.1) is 0 Å². The molecule has 3 N–H and O–H groups in total. The van der Waals surface area contributed by atoms with Crippen molar-refractivity contribution in [1.29, 1.82) is 0 Å². The second kappa shape index (κ2) is 6.75. The predicted octanol–water partition coefficient (Wildman–Crippen LogP) is 0.426. The van der Waals surface area contributed by atoms with Crippen LogP contribution >= 0.6 is 11.6 Å². The van der Waals surface area contributed by atoms with Crippen LogP contribution in [0, 0.1) is 0 Å². The summed E-state index contributed by atoms with van der Waals surface area (Å²) >= 11 is 4.14. The molecule has 4 nitrogen and oxygen atoms in total. The van der Waals surface area contributed by atoms with Crippen LogP contribution in [0.2, 0.25) is 0 Å². The van der Waals surface area contributed by atoms with Crippen LogP contribution in [-0.2, 0) is 4.79 Å². The number of alkyl halides is 1. The number of nitrogens with one attached hydrogen (secondary N) is 1. The van der Waals surface area contributed by atoms with Crippen molar-refractivity contribution < 1.29 is 9.59 Å². The summed E-state index contributed by atoms with van der Waals surface area (Å²) in [7, 11) is 0. The fourth-order valence-corrected chi connectivity index (χ4v) is 3.23. The molecule has 0 aliphatic heterocycles. The van der Waals surface area contributed by atoms with Gasteiger partial charge in [0, 0.05) is 0 Å². The number of rotatable bonds is 5. The summed E-state index contributed by atoms with van der Waals surface area (Å²) in [6.07, 6.45) is 0. The van der Waals surface area contributed by atoms with Crippen molar-refractivity contribution in [3.05, 3.63) is 29.8 Å². The van der Waals surface area contributed by atoms with Gasteiger partial charge >= 0.3 is 109 Å². The Morgan fingerprint density at radius 2 is 2.19 bits per heavy atom. The van der Waals surface area contributed by atoms with E-state index in [2.05, 4.69) is 5.32 Å². The first-order chi connectivity index (χ1) is 7.63. The number of hydrogen-bond donors (Lipinski definition) is 2. The Hall–Kier alpha value is -0.751. The zero-order chi connectivity index (χ0) is 12.0. The van der Waals surface area contributed by atoms with Crippen molar-refractivity contribution in [3.8, 4) is 0 Å². The van der Waals surface area contributed by atoms with Gasteiger partial charge in [0.2, 0.25) is 0 Å². The second-order valence-electron chi connectivity index (χ2n) is 3.04. The van der Waals surface area contributed by atoms with Gasteiger partial charge < -0.3 is 0 Å². The summed E-state index contributed by atoms with van der Waals surface area (Å²) in [5, 5.41) is 2.69. The van der Waals surface area contributed by atoms with E-state index in [0.29, 0.717) is 15.8 Å². The first-order valence-electron chi connectivity index (χ1n) is 4.60. The molecule has 0 heterocycles. The number of carbonyl (C=O) groups is 2. The third-order valence-electron chi connectivity index (χ3n) is 1.80. The summed E-state index contributed by atoms with van der Waals surface area (Å²) in [6.45, 7) is 0. The molecular weight excluding hydrogens is 334 g/mol. The molecule has 6 heteroatoms. The molecule has 0 saturated heterocycles. The van der Waals surface area contributed by atoms with Gasteiger partial charge in [0.05, 0.1) is 0 Å². The average molecular weight is 345 g/mol. The fraction of sp³-hybridized carbons (Fsp3) is 0.200. The van der Waals surface area contributed by atoms with Crippen molar-refractivity contribution in [2.45, 2.75) is 0 Å². The topological polar surface area (TPSA) is 72.2 Å². The molecule has 0 aliphatic carbocycles. The second-order valence-corrected chi connectivity index (χ2v) is 6.92. The van der Waals surface area contributed by atoms with Crippen LogP contribution in [0.4, 0.5) is 5.69 Å². The van der Waals surface area contributed by atoms with Gasteiger partial charge in [-0.1, -0.05) is 0 Å². The predicted molar refractivity (Wildman–Crippen MR) is 64.7 cm³/mol. The van der Waals surface area contributed by atoms with E-state index in [-0.39, 0.29) is 15.6 Å². The number of halogens is 1. The molecule has 1 amide bonds. The molecule has 1 aromatic rings. The van der Waals surface area contributed by atoms with Crippen molar-refractivity contribution in [2.75, 3.05) is 16.2 Å². The number of carbonyl (C=O) groups excluding carboxylic acids is 2. The number of nitrogen functional groups attached to an aromatic ring is 1. The Morgan fingerprint density at radius 3 is 2.81 bits per heavy atom. The Labute approximate surface area is 109 Å². The summed E-state index contributed by atoms with van der Waals surface area (Å²) < 4.78 is 0.542. The summed E-state index contributed by atoms with van der Waals surface area (Å²) in [5.74, 6) is -0.143. The quantitative estimate of drug-likeness (QED) is 0.462. The molecule has 0 saturated carbocycles. The van der Waals surface area contributed by atoms with Gasteiger partial charge in [-0.3, -0.25) is 0 Å². The zero-order valence-electron chi connectivity index (χ0n) is 8.50. The van der Waals surface area contributed by atoms with Crippen molar-refractivity contribution in [2.24, 2.45) is 0 Å². The zero-order valence-corrected chi connectivity index (χ0v) is 12.1. The van der Waals surface area contributed by atoms with Crippen molar-refractivity contribution in [1.82, 2.24) is 5.32 Å². The van der Waals surface area contributed by atoms with Crippen LogP contribution < -0.4 is 11.1 Å². The minimum atomic E-state index is -1.23. The molecule has 0 unspecified atom stereocenters. The maximum atomic E-state index is 11.6. The Balaban J connectivity index is 2.44. The molecule has 0 aliphatic rings. The minimum absolute atomic E-state index is 0.0559. The van der Waals surface area contributed by atoms with Gasteiger partial charge in [-0.05, 0) is 0 Å². The van der Waals surface area contributed by atoms with E-state index < -0.39 is 21.1 Å². The van der Waals surface area contributed by atoms with E-state index in [0.717, 1.165) is 0 Å². The van der Waals surface area contributed by atoms with Crippen LogP contribution in [0.25, 0.3) is 0 Å². The van der Waals surface area contributed by atoms with Crippen molar-refractivity contribution >= 4 is 48.1 Å². The van der Waals surface area contributed by atoms with Crippen LogP contribution in [-0.4, -0.2) is 41.3 Å². The van der Waals surface area contributed by atoms with E-state index in [1.54, 1.807) is 24.3 Å². The fourth-order valence-electron chi connectivity index (χ4n) is 1.05. The number of benzene rings is 1. The third-order valence-corrected chi connectivity index (χ3v) is 5.33. The molecule has 1 rings (SSSR count). The van der Waals surface area contributed by atoms with Crippen LogP contribution in [0.15, 0.2) is 24.3 Å². The Morgan fingerprint density at radius 1 is 1.44 bits per heavy atom. The monoisotopic (exact) mass is 346 g/mol. The maximum absolute atomic E-state index is 11.6. The van der Waals surface area contributed by atoms with Gasteiger partial charge in [-0.2, -0.15) is 0 Å². The van der Waals surface area contributed by atoms with Crippen LogP contribution in [0.3, 0.4) is 0 Å². The SMILES string of the molecule is Nc1cccc(C(=O)N[CH2][Sn][C](=O)CCl)c1. The molecule has 1 aromatic carbocycles. The van der Waals surface area contributed by atoms with Crippen LogP contribution in [0.1, 0.15) is 10.4 Å². The number of amides is 1. The van der Waals surface area contributed by atoms with Gasteiger partial charge in [0.1, 0.15) is 0 Å². The molecule has 0 fully saturated rings. The molecule has 0 bridgehead atoms. The number of nitrogens with two attached hydrogens (primary N) is 1. The van der Waals surface area contributed by atoms with Crippen LogP contribution in [0.5, 0.6) is 0 Å². The molecule has 84 valence electrons. The normalized spacial score (nSPS) is 9.81. The number of hydrogen-bond acceptors (Lipinski definition) is 3. The summed E-state index contributed by atoms with van der Waals surface area (Å²) in [6, 6.07) is 6.71. The molecular formula is C10H11ClN2O2Sn. The first kappa shape index (κ1) is 13.3. The van der Waals surface area contributed by atoms with Crippen molar-refractivity contribution in [3.63, 3.8) is 0 Å². The third kappa shape index (κ3) is 4.40. The van der Waals surface area contributed by atoms with Gasteiger partial charge in [-0.25, -0.2) is 0 Å². The standard InChI is InChI=1S/C8H9N2O.C2H2ClO.Sn/c1-10-8(11)6-3-2-4-7(9)5-6;3-1-2-4;/h2-5H,1,9H2,(H,10,11);1H2;.